The lowest BCUT2D eigenvalue weighted by Gasteiger charge is -2.24. The average Bonchev–Trinajstić information content (AvgIpc) is 2.51. The topological polar surface area (TPSA) is 43.7 Å². The van der Waals surface area contributed by atoms with Crippen molar-refractivity contribution in [1.29, 1.82) is 0 Å². The number of benzene rings is 2. The minimum absolute atomic E-state index is 0.0514. The zero-order valence-corrected chi connectivity index (χ0v) is 12.7. The van der Waals surface area contributed by atoms with Crippen LogP contribution in [-0.2, 0) is 12.8 Å². The molecule has 3 nitrogen and oxygen atoms in total. The number of aryl methyl sites for hydroxylation is 2. The quantitative estimate of drug-likeness (QED) is 0.795. The summed E-state index contributed by atoms with van der Waals surface area (Å²) in [6, 6.07) is 13.5. The largest absolute Gasteiger partial charge is 0.504 e. The highest BCUT2D eigenvalue weighted by Gasteiger charge is 2.08. The molecule has 0 saturated carbocycles. The summed E-state index contributed by atoms with van der Waals surface area (Å²) in [5.74, 6) is -0.119. The highest BCUT2D eigenvalue weighted by Crippen LogP contribution is 2.27. The van der Waals surface area contributed by atoms with Crippen molar-refractivity contribution >= 4 is 5.69 Å². The van der Waals surface area contributed by atoms with Crippen molar-refractivity contribution in [3.63, 3.8) is 0 Å². The van der Waals surface area contributed by atoms with Crippen LogP contribution in [0.5, 0.6) is 11.5 Å². The lowest BCUT2D eigenvalue weighted by atomic mass is 10.0. The number of anilines is 1. The van der Waals surface area contributed by atoms with Gasteiger partial charge in [-0.1, -0.05) is 24.3 Å². The van der Waals surface area contributed by atoms with Crippen LogP contribution in [0.25, 0.3) is 0 Å². The average molecular weight is 285 g/mol. The number of rotatable bonds is 6. The molecule has 0 radical (unpaired) electrons. The maximum Gasteiger partial charge on any atom is 0.157 e. The SMILES string of the molecule is CCN(CC)c1ccccc1CCc1ccc(O)c(O)c1. The standard InChI is InChI=1S/C18H23NO2/c1-3-19(4-2)16-8-6-5-7-15(16)11-9-14-10-12-17(20)18(21)13-14/h5-8,10,12-13,20-21H,3-4,9,11H2,1-2H3. The van der Waals surface area contributed by atoms with Crippen molar-refractivity contribution in [2.24, 2.45) is 0 Å². The zero-order valence-electron chi connectivity index (χ0n) is 12.7. The number of nitrogens with zero attached hydrogens (tertiary/aromatic N) is 1. The Kier molecular flexibility index (Phi) is 5.09. The van der Waals surface area contributed by atoms with Gasteiger partial charge in [0.15, 0.2) is 11.5 Å². The summed E-state index contributed by atoms with van der Waals surface area (Å²) in [4.78, 5) is 2.35. The fourth-order valence-corrected chi connectivity index (χ4v) is 2.60. The van der Waals surface area contributed by atoms with Gasteiger partial charge in [0.2, 0.25) is 0 Å². The molecule has 2 rings (SSSR count). The molecule has 2 aromatic rings. The van der Waals surface area contributed by atoms with Gasteiger partial charge in [0.25, 0.3) is 0 Å². The summed E-state index contributed by atoms with van der Waals surface area (Å²) in [6.45, 7) is 6.32. The molecule has 0 fully saturated rings. The van der Waals surface area contributed by atoms with Gasteiger partial charge < -0.3 is 15.1 Å². The molecule has 112 valence electrons. The van der Waals surface area contributed by atoms with Gasteiger partial charge in [0, 0.05) is 18.8 Å². The summed E-state index contributed by atoms with van der Waals surface area (Å²) in [7, 11) is 0. The minimum atomic E-state index is -0.0673. The number of hydrogen-bond donors (Lipinski definition) is 2. The normalized spacial score (nSPS) is 10.6. The van der Waals surface area contributed by atoms with Crippen molar-refractivity contribution in [2.75, 3.05) is 18.0 Å². The number of aromatic hydroxyl groups is 2. The molecule has 0 aromatic heterocycles. The summed E-state index contributed by atoms with van der Waals surface area (Å²) in [6.07, 6.45) is 1.75. The van der Waals surface area contributed by atoms with E-state index in [0.717, 1.165) is 31.5 Å². The second-order valence-electron chi connectivity index (χ2n) is 5.12. The molecule has 21 heavy (non-hydrogen) atoms. The molecule has 0 aliphatic heterocycles. The van der Waals surface area contributed by atoms with Gasteiger partial charge in [0.05, 0.1) is 0 Å². The third-order valence-corrected chi connectivity index (χ3v) is 3.82. The van der Waals surface area contributed by atoms with Gasteiger partial charge >= 0.3 is 0 Å². The van der Waals surface area contributed by atoms with E-state index in [9.17, 15) is 10.2 Å². The Labute approximate surface area is 126 Å². The first-order valence-corrected chi connectivity index (χ1v) is 7.49. The predicted molar refractivity (Wildman–Crippen MR) is 87.2 cm³/mol. The first-order chi connectivity index (χ1) is 10.2. The van der Waals surface area contributed by atoms with E-state index in [1.54, 1.807) is 12.1 Å². The van der Waals surface area contributed by atoms with Crippen molar-refractivity contribution in [3.05, 3.63) is 53.6 Å². The van der Waals surface area contributed by atoms with Crippen molar-refractivity contribution < 1.29 is 10.2 Å². The van der Waals surface area contributed by atoms with Crippen LogP contribution in [0, 0.1) is 0 Å². The molecule has 0 aliphatic carbocycles. The first kappa shape index (κ1) is 15.2. The predicted octanol–water partition coefficient (Wildman–Crippen LogP) is 3.73. The molecule has 0 atom stereocenters. The second-order valence-corrected chi connectivity index (χ2v) is 5.12. The molecule has 2 aromatic carbocycles. The number of hydrogen-bond acceptors (Lipinski definition) is 3. The van der Waals surface area contributed by atoms with E-state index in [1.807, 2.05) is 6.07 Å². The van der Waals surface area contributed by atoms with Crippen LogP contribution in [0.4, 0.5) is 5.69 Å². The lowest BCUT2D eigenvalue weighted by molar-refractivity contribution is 0.403. The Hall–Kier alpha value is -2.16. The fraction of sp³-hybridized carbons (Fsp3) is 0.333. The fourth-order valence-electron chi connectivity index (χ4n) is 2.60. The molecule has 3 heteroatoms. The van der Waals surface area contributed by atoms with Crippen LogP contribution in [0.3, 0.4) is 0 Å². The van der Waals surface area contributed by atoms with Crippen molar-refractivity contribution in [1.82, 2.24) is 0 Å². The summed E-state index contributed by atoms with van der Waals surface area (Å²) in [5.41, 5.74) is 3.62. The molecular weight excluding hydrogens is 262 g/mol. The number of phenolic OH excluding ortho intramolecular Hbond substituents is 2. The van der Waals surface area contributed by atoms with Crippen molar-refractivity contribution in [3.8, 4) is 11.5 Å². The molecule has 0 spiro atoms. The van der Waals surface area contributed by atoms with Crippen LogP contribution in [0.2, 0.25) is 0 Å². The third kappa shape index (κ3) is 3.69. The van der Waals surface area contributed by atoms with Crippen molar-refractivity contribution in [2.45, 2.75) is 26.7 Å². The first-order valence-electron chi connectivity index (χ1n) is 7.49. The van der Waals surface area contributed by atoms with Crippen LogP contribution in [-0.4, -0.2) is 23.3 Å². The summed E-state index contributed by atoms with van der Waals surface area (Å²) >= 11 is 0. The molecule has 0 amide bonds. The van der Waals surface area contributed by atoms with E-state index in [0.29, 0.717) is 0 Å². The maximum atomic E-state index is 9.56. The Balaban J connectivity index is 2.14. The van der Waals surface area contributed by atoms with Gasteiger partial charge in [-0.05, 0) is 56.0 Å². The Bertz CT molecular complexity index is 592. The van der Waals surface area contributed by atoms with Gasteiger partial charge in [-0.25, -0.2) is 0 Å². The number of para-hydroxylation sites is 1. The van der Waals surface area contributed by atoms with E-state index < -0.39 is 0 Å². The Morgan fingerprint density at radius 3 is 2.24 bits per heavy atom. The highest BCUT2D eigenvalue weighted by molar-refractivity contribution is 5.54. The Morgan fingerprint density at radius 2 is 1.57 bits per heavy atom. The summed E-state index contributed by atoms with van der Waals surface area (Å²) < 4.78 is 0. The van der Waals surface area contributed by atoms with E-state index in [4.69, 9.17) is 0 Å². The molecule has 0 unspecified atom stereocenters. The van der Waals surface area contributed by atoms with Gasteiger partial charge in [-0.3, -0.25) is 0 Å². The van der Waals surface area contributed by atoms with E-state index in [-0.39, 0.29) is 11.5 Å². The third-order valence-electron chi connectivity index (χ3n) is 3.82. The van der Waals surface area contributed by atoms with E-state index in [1.165, 1.54) is 11.3 Å². The molecule has 0 saturated heterocycles. The zero-order chi connectivity index (χ0) is 15.2. The molecule has 0 aliphatic rings. The lowest BCUT2D eigenvalue weighted by Crippen LogP contribution is -2.23. The molecular formula is C18H23NO2. The maximum absolute atomic E-state index is 9.56. The van der Waals surface area contributed by atoms with E-state index >= 15 is 0 Å². The monoisotopic (exact) mass is 285 g/mol. The van der Waals surface area contributed by atoms with Crippen LogP contribution in [0.1, 0.15) is 25.0 Å². The molecule has 0 heterocycles. The van der Waals surface area contributed by atoms with Gasteiger partial charge in [-0.15, -0.1) is 0 Å². The van der Waals surface area contributed by atoms with Crippen LogP contribution >= 0.6 is 0 Å². The smallest absolute Gasteiger partial charge is 0.157 e. The van der Waals surface area contributed by atoms with Gasteiger partial charge in [-0.2, -0.15) is 0 Å². The molecule has 2 N–H and O–H groups in total. The molecule has 0 bridgehead atoms. The number of phenols is 2. The van der Waals surface area contributed by atoms with Crippen LogP contribution < -0.4 is 4.90 Å². The Morgan fingerprint density at radius 1 is 0.857 bits per heavy atom. The minimum Gasteiger partial charge on any atom is -0.504 e. The van der Waals surface area contributed by atoms with Crippen LogP contribution in [0.15, 0.2) is 42.5 Å². The van der Waals surface area contributed by atoms with E-state index in [2.05, 4.69) is 43.0 Å². The van der Waals surface area contributed by atoms with Gasteiger partial charge in [0.1, 0.15) is 0 Å². The highest BCUT2D eigenvalue weighted by atomic mass is 16.3. The summed E-state index contributed by atoms with van der Waals surface area (Å²) in [5, 5.41) is 18.9. The second kappa shape index (κ2) is 7.02.